The Morgan fingerprint density at radius 2 is 1.76 bits per heavy atom. The highest BCUT2D eigenvalue weighted by molar-refractivity contribution is 6.03. The molecule has 1 aromatic carbocycles. The average molecular weight is 405 g/mol. The van der Waals surface area contributed by atoms with Crippen molar-refractivity contribution in [2.45, 2.75) is 39.3 Å². The fourth-order valence-electron chi connectivity index (χ4n) is 2.40. The lowest BCUT2D eigenvalue weighted by Crippen LogP contribution is -2.48. The molecule has 11 heteroatoms. The van der Waals surface area contributed by atoms with Gasteiger partial charge in [-0.15, -0.1) is 0 Å². The van der Waals surface area contributed by atoms with E-state index in [-0.39, 0.29) is 16.5 Å². The Kier molecular flexibility index (Phi) is 6.42. The minimum absolute atomic E-state index is 0.0240. The number of carbonyl (C=O) groups excluding carboxylic acids is 3. The molecule has 11 nitrogen and oxygen atoms in total. The molecule has 1 atom stereocenters. The molecule has 0 spiro atoms. The van der Waals surface area contributed by atoms with Crippen molar-refractivity contribution in [1.29, 1.82) is 0 Å². The molecule has 0 aliphatic rings. The molecule has 0 bridgehead atoms. The third kappa shape index (κ3) is 5.92. The number of fused-ring (bicyclic) bond motifs is 1. The second-order valence-corrected chi connectivity index (χ2v) is 7.27. The quantitative estimate of drug-likeness (QED) is 0.477. The fourth-order valence-corrected chi connectivity index (χ4v) is 2.40. The molecule has 0 aliphatic heterocycles. The van der Waals surface area contributed by atoms with Gasteiger partial charge in [0.15, 0.2) is 0 Å². The molecule has 0 radical (unpaired) electrons. The van der Waals surface area contributed by atoms with Gasteiger partial charge < -0.3 is 20.7 Å². The summed E-state index contributed by atoms with van der Waals surface area (Å²) in [7, 11) is 0. The third-order valence-electron chi connectivity index (χ3n) is 3.65. The maximum Gasteiger partial charge on any atom is 0.408 e. The van der Waals surface area contributed by atoms with Crippen molar-refractivity contribution in [1.82, 2.24) is 20.8 Å². The minimum atomic E-state index is -0.934. The SMILES string of the molecule is C[C@@H](NC(=O)OC(C)(C)C)C(=O)NCC(=O)Nc1cccc2c(=O)[nH][nH]c(=O)c12. The molecular weight excluding hydrogens is 382 g/mol. The van der Waals surface area contributed by atoms with Gasteiger partial charge in [0.25, 0.3) is 11.1 Å². The number of hydrogen-bond acceptors (Lipinski definition) is 6. The summed E-state index contributed by atoms with van der Waals surface area (Å²) in [5.74, 6) is -1.21. The van der Waals surface area contributed by atoms with Crippen LogP contribution in [0.3, 0.4) is 0 Å². The Bertz CT molecular complexity index is 1050. The van der Waals surface area contributed by atoms with E-state index in [1.807, 2.05) is 0 Å². The number of nitrogens with one attached hydrogen (secondary N) is 5. The van der Waals surface area contributed by atoms with E-state index in [9.17, 15) is 24.0 Å². The van der Waals surface area contributed by atoms with Crippen LogP contribution in [-0.4, -0.2) is 46.3 Å². The highest BCUT2D eigenvalue weighted by atomic mass is 16.6. The summed E-state index contributed by atoms with van der Waals surface area (Å²) in [5, 5.41) is 11.7. The fraction of sp³-hybridized carbons (Fsp3) is 0.389. The van der Waals surface area contributed by atoms with Crippen molar-refractivity contribution >= 4 is 34.4 Å². The van der Waals surface area contributed by atoms with Crippen molar-refractivity contribution in [2.75, 3.05) is 11.9 Å². The molecule has 1 heterocycles. The van der Waals surface area contributed by atoms with Gasteiger partial charge in [-0.25, -0.2) is 4.79 Å². The van der Waals surface area contributed by atoms with Crippen LogP contribution in [0.4, 0.5) is 10.5 Å². The normalized spacial score (nSPS) is 12.1. The number of anilines is 1. The molecule has 2 rings (SSSR count). The molecule has 0 unspecified atom stereocenters. The second-order valence-electron chi connectivity index (χ2n) is 7.27. The van der Waals surface area contributed by atoms with Crippen LogP contribution in [0.5, 0.6) is 0 Å². The lowest BCUT2D eigenvalue weighted by molar-refractivity contribution is -0.125. The molecule has 3 amide bonds. The minimum Gasteiger partial charge on any atom is -0.444 e. The molecule has 0 saturated carbocycles. The smallest absolute Gasteiger partial charge is 0.408 e. The maximum absolute atomic E-state index is 12.2. The summed E-state index contributed by atoms with van der Waals surface area (Å²) in [6.07, 6.45) is -0.759. The number of aromatic amines is 2. The van der Waals surface area contributed by atoms with Gasteiger partial charge in [0.1, 0.15) is 11.6 Å². The van der Waals surface area contributed by atoms with Gasteiger partial charge in [-0.1, -0.05) is 6.07 Å². The summed E-state index contributed by atoms with van der Waals surface area (Å²) in [5.41, 5.74) is -1.66. The van der Waals surface area contributed by atoms with Crippen molar-refractivity contribution in [3.63, 3.8) is 0 Å². The highest BCUT2D eigenvalue weighted by Crippen LogP contribution is 2.16. The summed E-state index contributed by atoms with van der Waals surface area (Å²) in [6.45, 7) is 6.10. The first-order valence-electron chi connectivity index (χ1n) is 8.78. The summed E-state index contributed by atoms with van der Waals surface area (Å²) in [6, 6.07) is 3.49. The monoisotopic (exact) mass is 405 g/mol. The number of rotatable bonds is 5. The third-order valence-corrected chi connectivity index (χ3v) is 3.65. The van der Waals surface area contributed by atoms with E-state index in [2.05, 4.69) is 26.1 Å². The van der Waals surface area contributed by atoms with Crippen molar-refractivity contribution in [2.24, 2.45) is 0 Å². The van der Waals surface area contributed by atoms with Gasteiger partial charge in [-0.3, -0.25) is 29.4 Å². The summed E-state index contributed by atoms with van der Waals surface area (Å²) >= 11 is 0. The zero-order valence-electron chi connectivity index (χ0n) is 16.5. The Balaban J connectivity index is 1.97. The van der Waals surface area contributed by atoms with Gasteiger partial charge >= 0.3 is 6.09 Å². The van der Waals surface area contributed by atoms with E-state index in [0.717, 1.165) is 0 Å². The molecule has 5 N–H and O–H groups in total. The first-order chi connectivity index (χ1) is 13.5. The van der Waals surface area contributed by atoms with E-state index >= 15 is 0 Å². The first-order valence-corrected chi connectivity index (χ1v) is 8.78. The molecule has 0 saturated heterocycles. The highest BCUT2D eigenvalue weighted by Gasteiger charge is 2.21. The number of ether oxygens (including phenoxy) is 1. The van der Waals surface area contributed by atoms with Crippen molar-refractivity contribution in [3.8, 4) is 0 Å². The first kappa shape index (κ1) is 21.7. The number of H-pyrrole nitrogens is 2. The van der Waals surface area contributed by atoms with Gasteiger partial charge in [-0.2, -0.15) is 0 Å². The van der Waals surface area contributed by atoms with E-state index in [4.69, 9.17) is 4.74 Å². The zero-order valence-corrected chi connectivity index (χ0v) is 16.5. The largest absolute Gasteiger partial charge is 0.444 e. The van der Waals surface area contributed by atoms with Gasteiger partial charge in [-0.05, 0) is 39.8 Å². The predicted octanol–water partition coefficient (Wildman–Crippen LogP) is 0.184. The zero-order chi connectivity index (χ0) is 21.8. The van der Waals surface area contributed by atoms with Crippen LogP contribution < -0.4 is 27.1 Å². The number of carbonyl (C=O) groups is 3. The molecular formula is C18H23N5O6. The van der Waals surface area contributed by atoms with E-state index in [1.54, 1.807) is 20.8 Å². The van der Waals surface area contributed by atoms with Gasteiger partial charge in [0.2, 0.25) is 11.8 Å². The predicted molar refractivity (Wildman–Crippen MR) is 106 cm³/mol. The Hall–Kier alpha value is -3.63. The molecule has 2 aromatic rings. The Morgan fingerprint density at radius 3 is 2.41 bits per heavy atom. The topological polar surface area (TPSA) is 162 Å². The van der Waals surface area contributed by atoms with Crippen LogP contribution in [-0.2, 0) is 14.3 Å². The average Bonchev–Trinajstić information content (AvgIpc) is 2.61. The lowest BCUT2D eigenvalue weighted by Gasteiger charge is -2.21. The Labute approximate surface area is 165 Å². The number of aromatic nitrogens is 2. The van der Waals surface area contributed by atoms with Crippen LogP contribution in [0.25, 0.3) is 10.8 Å². The number of hydrogen-bond donors (Lipinski definition) is 5. The van der Waals surface area contributed by atoms with Crippen molar-refractivity contribution < 1.29 is 19.1 Å². The molecule has 156 valence electrons. The number of alkyl carbamates (subject to hydrolysis) is 1. The van der Waals surface area contributed by atoms with E-state index < -0.39 is 47.2 Å². The number of amides is 3. The van der Waals surface area contributed by atoms with Crippen LogP contribution in [0, 0.1) is 0 Å². The molecule has 29 heavy (non-hydrogen) atoms. The lowest BCUT2D eigenvalue weighted by atomic mass is 10.1. The van der Waals surface area contributed by atoms with Gasteiger partial charge in [0, 0.05) is 0 Å². The van der Waals surface area contributed by atoms with Crippen LogP contribution in [0.1, 0.15) is 27.7 Å². The standard InChI is InChI=1S/C18H23N5O6/c1-9(20-17(28)29-18(2,3)4)14(25)19-8-12(24)21-11-7-5-6-10-13(11)16(27)23-22-15(10)26/h5-7,9H,8H2,1-4H3,(H,19,25)(H,20,28)(H,21,24)(H,22,26)(H,23,27)/t9-/m1/s1. The summed E-state index contributed by atoms with van der Waals surface area (Å²) < 4.78 is 5.05. The van der Waals surface area contributed by atoms with Crippen LogP contribution in [0.15, 0.2) is 27.8 Å². The molecule has 1 aromatic heterocycles. The van der Waals surface area contributed by atoms with E-state index in [1.165, 1.54) is 25.1 Å². The van der Waals surface area contributed by atoms with Crippen LogP contribution >= 0.6 is 0 Å². The maximum atomic E-state index is 12.2. The van der Waals surface area contributed by atoms with Crippen molar-refractivity contribution in [3.05, 3.63) is 38.9 Å². The second kappa shape index (κ2) is 8.59. The van der Waals surface area contributed by atoms with Gasteiger partial charge in [0.05, 0.1) is 23.0 Å². The molecule has 0 aliphatic carbocycles. The summed E-state index contributed by atoms with van der Waals surface area (Å²) in [4.78, 5) is 59.7. The van der Waals surface area contributed by atoms with Crippen LogP contribution in [0.2, 0.25) is 0 Å². The molecule has 0 fully saturated rings. The Morgan fingerprint density at radius 1 is 1.10 bits per heavy atom. The number of benzene rings is 1. The van der Waals surface area contributed by atoms with E-state index in [0.29, 0.717) is 0 Å².